The van der Waals surface area contributed by atoms with Crippen molar-refractivity contribution in [3.05, 3.63) is 29.8 Å². The van der Waals surface area contributed by atoms with E-state index in [2.05, 4.69) is 17.1 Å². The van der Waals surface area contributed by atoms with Gasteiger partial charge in [0.1, 0.15) is 0 Å². The van der Waals surface area contributed by atoms with E-state index >= 15 is 0 Å². The molecule has 0 atom stereocenters. The van der Waals surface area contributed by atoms with Crippen molar-refractivity contribution in [1.82, 2.24) is 0 Å². The van der Waals surface area contributed by atoms with Gasteiger partial charge in [-0.05, 0) is 30.7 Å². The van der Waals surface area contributed by atoms with E-state index in [-0.39, 0.29) is 5.97 Å². The Morgan fingerprint density at radius 2 is 1.71 bits per heavy atom. The Bertz CT molecular complexity index is 442. The van der Waals surface area contributed by atoms with E-state index in [1.807, 2.05) is 0 Å². The fourth-order valence-electron chi connectivity index (χ4n) is 1.83. The van der Waals surface area contributed by atoms with Crippen LogP contribution in [0.5, 0.6) is 0 Å². The Labute approximate surface area is 125 Å². The third-order valence-electron chi connectivity index (χ3n) is 3.07. The highest BCUT2D eigenvalue weighted by atomic mass is 16.7. The molecule has 5 heteroatoms. The van der Waals surface area contributed by atoms with E-state index in [0.29, 0.717) is 17.7 Å². The predicted molar refractivity (Wildman–Crippen MR) is 80.9 cm³/mol. The molecular formula is C16H23NO4. The van der Waals surface area contributed by atoms with Crippen LogP contribution in [0, 0.1) is 0 Å². The molecule has 0 aliphatic heterocycles. The van der Waals surface area contributed by atoms with Crippen LogP contribution in [0.25, 0.3) is 0 Å². The first-order valence-electron chi connectivity index (χ1n) is 7.31. The summed E-state index contributed by atoms with van der Waals surface area (Å²) in [5.74, 6) is -0.672. The number of unbranched alkanes of at least 4 members (excludes halogenated alkanes) is 4. The Hall–Kier alpha value is -2.04. The minimum atomic E-state index is -0.398. The summed E-state index contributed by atoms with van der Waals surface area (Å²) in [4.78, 5) is 27.7. The largest absolute Gasteiger partial charge is 0.465 e. The van der Waals surface area contributed by atoms with Crippen molar-refractivity contribution in [2.45, 2.75) is 45.4 Å². The second-order valence-electron chi connectivity index (χ2n) is 4.81. The number of carbonyl (C=O) groups excluding carboxylic acids is 2. The molecule has 0 aliphatic rings. The third-order valence-corrected chi connectivity index (χ3v) is 3.07. The molecular weight excluding hydrogens is 270 g/mol. The summed E-state index contributed by atoms with van der Waals surface area (Å²) in [5, 5.41) is 0. The maximum atomic E-state index is 11.5. The molecule has 0 amide bonds. The van der Waals surface area contributed by atoms with E-state index < -0.39 is 5.97 Å². The Kier molecular flexibility index (Phi) is 7.94. The van der Waals surface area contributed by atoms with E-state index in [0.717, 1.165) is 19.3 Å². The standard InChI is InChI=1S/C16H23NO4/c1-3-4-5-6-7-8-15(18)21-17-14-11-9-13(10-12-14)16(19)20-2/h9-12,17H,3-8H2,1-2H3. The van der Waals surface area contributed by atoms with Gasteiger partial charge in [-0.1, -0.05) is 32.6 Å². The van der Waals surface area contributed by atoms with Crippen molar-refractivity contribution < 1.29 is 19.2 Å². The van der Waals surface area contributed by atoms with Crippen molar-refractivity contribution in [2.75, 3.05) is 12.6 Å². The zero-order valence-electron chi connectivity index (χ0n) is 12.7. The average molecular weight is 293 g/mol. The summed E-state index contributed by atoms with van der Waals surface area (Å²) < 4.78 is 4.60. The quantitative estimate of drug-likeness (QED) is 0.427. The lowest BCUT2D eigenvalue weighted by molar-refractivity contribution is -0.140. The lowest BCUT2D eigenvalue weighted by Gasteiger charge is -2.07. The lowest BCUT2D eigenvalue weighted by atomic mass is 10.1. The average Bonchev–Trinajstić information content (AvgIpc) is 2.52. The highest BCUT2D eigenvalue weighted by Crippen LogP contribution is 2.11. The number of anilines is 1. The van der Waals surface area contributed by atoms with Gasteiger partial charge < -0.3 is 9.57 Å². The van der Waals surface area contributed by atoms with Crippen LogP contribution in [0.4, 0.5) is 5.69 Å². The van der Waals surface area contributed by atoms with Gasteiger partial charge in [0, 0.05) is 6.42 Å². The minimum Gasteiger partial charge on any atom is -0.465 e. The van der Waals surface area contributed by atoms with E-state index in [9.17, 15) is 9.59 Å². The summed E-state index contributed by atoms with van der Waals surface area (Å²) in [6.45, 7) is 2.16. The van der Waals surface area contributed by atoms with Crippen molar-refractivity contribution >= 4 is 17.6 Å². The van der Waals surface area contributed by atoms with Gasteiger partial charge in [-0.25, -0.2) is 15.1 Å². The number of benzene rings is 1. The number of nitrogens with one attached hydrogen (secondary N) is 1. The molecule has 0 spiro atoms. The monoisotopic (exact) mass is 293 g/mol. The topological polar surface area (TPSA) is 64.6 Å². The van der Waals surface area contributed by atoms with Crippen LogP contribution in [0.2, 0.25) is 0 Å². The molecule has 0 radical (unpaired) electrons. The van der Waals surface area contributed by atoms with Crippen LogP contribution < -0.4 is 5.48 Å². The summed E-state index contributed by atoms with van der Waals surface area (Å²) in [6, 6.07) is 6.51. The van der Waals surface area contributed by atoms with Gasteiger partial charge in [-0.3, -0.25) is 0 Å². The van der Waals surface area contributed by atoms with Crippen LogP contribution >= 0.6 is 0 Å². The molecule has 1 rings (SSSR count). The zero-order chi connectivity index (χ0) is 15.5. The molecule has 21 heavy (non-hydrogen) atoms. The zero-order valence-corrected chi connectivity index (χ0v) is 12.7. The summed E-state index contributed by atoms with van der Waals surface area (Å²) in [5.41, 5.74) is 3.64. The predicted octanol–water partition coefficient (Wildman–Crippen LogP) is 3.70. The fraction of sp³-hybridized carbons (Fsp3) is 0.500. The molecule has 116 valence electrons. The van der Waals surface area contributed by atoms with E-state index in [1.54, 1.807) is 24.3 Å². The lowest BCUT2D eigenvalue weighted by Crippen LogP contribution is -2.10. The molecule has 0 heterocycles. The number of carbonyl (C=O) groups is 2. The smallest absolute Gasteiger partial charge is 0.337 e. The number of ether oxygens (including phenoxy) is 1. The number of hydrogen-bond donors (Lipinski definition) is 1. The first kappa shape index (κ1) is 17.0. The first-order valence-corrected chi connectivity index (χ1v) is 7.31. The van der Waals surface area contributed by atoms with Crippen LogP contribution in [0.15, 0.2) is 24.3 Å². The van der Waals surface area contributed by atoms with Crippen LogP contribution in [0.1, 0.15) is 55.8 Å². The fourth-order valence-corrected chi connectivity index (χ4v) is 1.83. The van der Waals surface area contributed by atoms with Gasteiger partial charge in [-0.15, -0.1) is 0 Å². The second-order valence-corrected chi connectivity index (χ2v) is 4.81. The maximum absolute atomic E-state index is 11.5. The van der Waals surface area contributed by atoms with Crippen LogP contribution in [0.3, 0.4) is 0 Å². The summed E-state index contributed by atoms with van der Waals surface area (Å²) >= 11 is 0. The molecule has 1 aromatic carbocycles. The SMILES string of the molecule is CCCCCCCC(=O)ONc1ccc(C(=O)OC)cc1. The number of hydrogen-bond acceptors (Lipinski definition) is 5. The van der Waals surface area contributed by atoms with Gasteiger partial charge >= 0.3 is 11.9 Å². The number of esters is 1. The van der Waals surface area contributed by atoms with Gasteiger partial charge in [0.05, 0.1) is 18.4 Å². The third kappa shape index (κ3) is 6.79. The molecule has 0 unspecified atom stereocenters. The van der Waals surface area contributed by atoms with Gasteiger partial charge in [0.15, 0.2) is 0 Å². The highest BCUT2D eigenvalue weighted by Gasteiger charge is 2.06. The number of methoxy groups -OCH3 is 1. The minimum absolute atomic E-state index is 0.274. The van der Waals surface area contributed by atoms with Gasteiger partial charge in [-0.2, -0.15) is 0 Å². The van der Waals surface area contributed by atoms with Crippen molar-refractivity contribution in [3.63, 3.8) is 0 Å². The highest BCUT2D eigenvalue weighted by molar-refractivity contribution is 5.89. The molecule has 0 aliphatic carbocycles. The van der Waals surface area contributed by atoms with Gasteiger partial charge in [0.2, 0.25) is 0 Å². The van der Waals surface area contributed by atoms with Crippen molar-refractivity contribution in [3.8, 4) is 0 Å². The molecule has 0 bridgehead atoms. The second kappa shape index (κ2) is 9.80. The summed E-state index contributed by atoms with van der Waals surface area (Å²) in [7, 11) is 1.33. The number of rotatable bonds is 9. The van der Waals surface area contributed by atoms with Gasteiger partial charge in [0.25, 0.3) is 0 Å². The van der Waals surface area contributed by atoms with Crippen LogP contribution in [-0.2, 0) is 14.4 Å². The van der Waals surface area contributed by atoms with E-state index in [1.165, 1.54) is 20.0 Å². The van der Waals surface area contributed by atoms with E-state index in [4.69, 9.17) is 4.84 Å². The molecule has 0 fully saturated rings. The molecule has 1 N–H and O–H groups in total. The Morgan fingerprint density at radius 1 is 1.05 bits per heavy atom. The Morgan fingerprint density at radius 3 is 2.33 bits per heavy atom. The summed E-state index contributed by atoms with van der Waals surface area (Å²) in [6.07, 6.45) is 5.87. The first-order chi connectivity index (χ1) is 10.2. The van der Waals surface area contributed by atoms with Crippen LogP contribution in [-0.4, -0.2) is 19.0 Å². The maximum Gasteiger partial charge on any atom is 0.337 e. The molecule has 5 nitrogen and oxygen atoms in total. The molecule has 0 saturated heterocycles. The van der Waals surface area contributed by atoms with Crippen molar-refractivity contribution in [1.29, 1.82) is 0 Å². The molecule has 0 aromatic heterocycles. The Balaban J connectivity index is 2.25. The molecule has 1 aromatic rings. The molecule has 0 saturated carbocycles. The van der Waals surface area contributed by atoms with Crippen molar-refractivity contribution in [2.24, 2.45) is 0 Å². The normalized spacial score (nSPS) is 10.0.